The first-order chi connectivity index (χ1) is 35.3. The number of hydrogen-bond acceptors (Lipinski definition) is 12. The van der Waals surface area contributed by atoms with Gasteiger partial charge in [-0.3, -0.25) is 5.32 Å². The van der Waals surface area contributed by atoms with Crippen LogP contribution in [0.4, 0.5) is 0 Å². The zero-order valence-corrected chi connectivity index (χ0v) is 43.2. The van der Waals surface area contributed by atoms with Crippen LogP contribution in [0.3, 0.4) is 0 Å². The van der Waals surface area contributed by atoms with Crippen LogP contribution < -0.4 is 35.5 Å². The molecule has 0 saturated carbocycles. The minimum absolute atomic E-state index is 0.0345. The molecule has 3 heterocycles. The Morgan fingerprint density at radius 2 is 1.74 bits per heavy atom. The lowest BCUT2D eigenvalue weighted by Gasteiger charge is -2.48. The lowest BCUT2D eigenvalue weighted by Crippen LogP contribution is -2.56. The summed E-state index contributed by atoms with van der Waals surface area (Å²) in [5.41, 5.74) is 11.2. The molecule has 6 unspecified atom stereocenters. The molecule has 9 N–H and O–H groups in total. The lowest BCUT2D eigenvalue weighted by molar-refractivity contribution is -0.129. The molecule has 13 nitrogen and oxygen atoms in total. The minimum Gasteiger partial charge on any atom is -0.507 e. The summed E-state index contributed by atoms with van der Waals surface area (Å²) in [6.45, 7) is 7.98. The Morgan fingerprint density at radius 3 is 2.51 bits per heavy atom. The molecule has 2 aliphatic heterocycles. The quantitative estimate of drug-likeness (QED) is 0.0264. The number of aliphatic hydroxyl groups excluding tert-OH is 1. The molecule has 0 fully saturated rings. The Morgan fingerprint density at radius 1 is 0.904 bits per heavy atom. The van der Waals surface area contributed by atoms with Gasteiger partial charge in [0.05, 0.1) is 26.0 Å². The van der Waals surface area contributed by atoms with E-state index in [1.54, 1.807) is 7.11 Å². The molecule has 2 aliphatic carbocycles. The summed E-state index contributed by atoms with van der Waals surface area (Å²) in [6.07, 6.45) is 7.25. The van der Waals surface area contributed by atoms with E-state index >= 15 is 0 Å². The minimum atomic E-state index is -1.05. The van der Waals surface area contributed by atoms with Crippen molar-refractivity contribution >= 4 is 17.0 Å². The second-order valence-electron chi connectivity index (χ2n) is 21.5. The number of likely N-dealkylation sites (N-methyl/N-ethyl adjacent to an activating group) is 1. The van der Waals surface area contributed by atoms with Crippen molar-refractivity contribution < 1.29 is 39.4 Å². The number of nitrogens with one attached hydrogen (secondary N) is 5. The van der Waals surface area contributed by atoms with Crippen molar-refractivity contribution in [3.05, 3.63) is 141 Å². The molecule has 6 atom stereocenters. The van der Waals surface area contributed by atoms with Crippen LogP contribution in [0.1, 0.15) is 102 Å². The van der Waals surface area contributed by atoms with Gasteiger partial charge in [-0.05, 0) is 164 Å². The van der Waals surface area contributed by atoms with Gasteiger partial charge in [0.2, 0.25) is 0 Å². The number of hydrogen-bond donors (Lipinski definition) is 9. The first-order valence-corrected chi connectivity index (χ1v) is 26.1. The molecule has 10 rings (SSSR count). The van der Waals surface area contributed by atoms with Crippen molar-refractivity contribution in [2.75, 3.05) is 60.8 Å². The molecule has 73 heavy (non-hydrogen) atoms. The Kier molecular flexibility index (Phi) is 14.7. The molecule has 0 bridgehead atoms. The average Bonchev–Trinajstić information content (AvgIpc) is 3.86. The van der Waals surface area contributed by atoms with Gasteiger partial charge in [0.25, 0.3) is 0 Å². The molecule has 1 aromatic heterocycles. The summed E-state index contributed by atoms with van der Waals surface area (Å²) in [6, 6.07) is 26.9. The number of H-pyrrole nitrogens is 1. The van der Waals surface area contributed by atoms with E-state index < -0.39 is 23.4 Å². The van der Waals surface area contributed by atoms with Crippen molar-refractivity contribution in [3.63, 3.8) is 0 Å². The molecule has 13 heteroatoms. The molecule has 5 aromatic carbocycles. The van der Waals surface area contributed by atoms with E-state index in [0.717, 1.165) is 72.3 Å². The van der Waals surface area contributed by atoms with Gasteiger partial charge < -0.3 is 60.3 Å². The van der Waals surface area contributed by atoms with Crippen molar-refractivity contribution in [2.45, 2.75) is 101 Å². The van der Waals surface area contributed by atoms with Gasteiger partial charge in [-0.25, -0.2) is 0 Å². The van der Waals surface area contributed by atoms with E-state index in [4.69, 9.17) is 18.9 Å². The molecule has 4 aliphatic rings. The topological polar surface area (TPSA) is 182 Å². The van der Waals surface area contributed by atoms with Crippen LogP contribution in [0.25, 0.3) is 28.1 Å². The van der Waals surface area contributed by atoms with Crippen molar-refractivity contribution in [1.29, 1.82) is 0 Å². The third kappa shape index (κ3) is 9.84. The van der Waals surface area contributed by atoms with Gasteiger partial charge in [0.15, 0.2) is 17.6 Å². The average molecular weight is 992 g/mol. The lowest BCUT2D eigenvalue weighted by atomic mass is 9.62. The zero-order chi connectivity index (χ0) is 51.0. The normalized spacial score (nSPS) is 21.6. The maximum absolute atomic E-state index is 11.8. The van der Waals surface area contributed by atoms with Crippen LogP contribution in [-0.2, 0) is 36.8 Å². The van der Waals surface area contributed by atoms with Crippen LogP contribution in [0.2, 0.25) is 0 Å². The number of aromatic amines is 1. The fraction of sp³-hybridized carbons (Fsp3) is 0.433. The van der Waals surface area contributed by atoms with Crippen molar-refractivity contribution in [3.8, 4) is 39.9 Å². The van der Waals surface area contributed by atoms with Gasteiger partial charge in [-0.15, -0.1) is 0 Å². The summed E-state index contributed by atoms with van der Waals surface area (Å²) in [4.78, 5) is 3.37. The standard InChI is InChI=1S/C60H73N5O8/c1-35(2)27-59(3,69)31-63-33-64-32-60(71-34-62-5)28-48-45-26-47-52(38-14-18-49-37(22-38)20-21-65-49)41(29-61-4)24-46-50(67)19-17-43(53(46)47)54(45)57-44(16-15-42(30-66)72-57)56(48)73-58(60)40-23-39(55(68)51(25-40)70-6)13-12-36-10-8-7-9-11-36/h7-11,14,17-25,35,42,47,52,58,61-69H,12-13,15-16,26-34H2,1-6H3. The Hall–Kier alpha value is -5.90. The molecule has 0 spiro atoms. The largest absolute Gasteiger partial charge is 0.507 e. The number of rotatable bonds is 20. The van der Waals surface area contributed by atoms with Gasteiger partial charge in [-0.2, -0.15) is 0 Å². The number of aromatic nitrogens is 1. The van der Waals surface area contributed by atoms with E-state index in [2.05, 4.69) is 88.6 Å². The molecular weight excluding hydrogens is 919 g/mol. The predicted octanol–water partition coefficient (Wildman–Crippen LogP) is 8.31. The number of aliphatic hydroxyl groups is 2. The highest BCUT2D eigenvalue weighted by molar-refractivity contribution is 5.90. The maximum Gasteiger partial charge on any atom is 0.161 e. The van der Waals surface area contributed by atoms with E-state index in [0.29, 0.717) is 88.7 Å². The van der Waals surface area contributed by atoms with Crippen LogP contribution in [0, 0.1) is 5.92 Å². The second-order valence-corrected chi connectivity index (χ2v) is 21.5. The smallest absolute Gasteiger partial charge is 0.161 e. The predicted molar refractivity (Wildman–Crippen MR) is 287 cm³/mol. The Balaban J connectivity index is 1.16. The first kappa shape index (κ1) is 50.6. The number of benzene rings is 5. The molecule has 0 saturated heterocycles. The third-order valence-electron chi connectivity index (χ3n) is 15.6. The Labute approximate surface area is 429 Å². The number of phenolic OH excluding ortho intramolecular Hbond substituents is 2. The number of fused-ring (bicyclic) bond motifs is 8. The Bertz CT molecular complexity index is 2990. The van der Waals surface area contributed by atoms with Gasteiger partial charge in [0, 0.05) is 72.6 Å². The fourth-order valence-electron chi connectivity index (χ4n) is 12.6. The van der Waals surface area contributed by atoms with Gasteiger partial charge in [-0.1, -0.05) is 56.3 Å². The van der Waals surface area contributed by atoms with E-state index in [1.165, 1.54) is 11.1 Å². The summed E-state index contributed by atoms with van der Waals surface area (Å²) in [5, 5.41) is 60.5. The summed E-state index contributed by atoms with van der Waals surface area (Å²) in [7, 11) is 5.42. The van der Waals surface area contributed by atoms with Crippen LogP contribution in [-0.4, -0.2) is 104 Å². The number of aromatic hydroxyl groups is 2. The van der Waals surface area contributed by atoms with E-state index in [-0.39, 0.29) is 36.7 Å². The maximum atomic E-state index is 11.8. The van der Waals surface area contributed by atoms with Crippen molar-refractivity contribution in [2.24, 2.45) is 5.92 Å². The SMILES string of the molecule is CNCOC1(CNCNCC(C)(O)CC(C)C)Cc2c3c(c4c(c2OC1c1cc(CCc2ccccc2)c(O)c(OC)c1)CCC(CO)O4)-c1ccc(O)c2c1C(C3)C(c1ccc3[nH]ccc3c1)C(CNC)=C2. The number of methoxy groups -OCH3 is 1. The third-order valence-corrected chi connectivity index (χ3v) is 15.6. The van der Waals surface area contributed by atoms with Gasteiger partial charge >= 0.3 is 0 Å². The second kappa shape index (κ2) is 21.1. The van der Waals surface area contributed by atoms with Crippen LogP contribution >= 0.6 is 0 Å². The fourth-order valence-corrected chi connectivity index (χ4v) is 12.6. The first-order valence-electron chi connectivity index (χ1n) is 26.1. The summed E-state index contributed by atoms with van der Waals surface area (Å²) >= 11 is 0. The molecule has 0 amide bonds. The molecular formula is C60H73N5O8. The summed E-state index contributed by atoms with van der Waals surface area (Å²) < 4.78 is 27.8. The van der Waals surface area contributed by atoms with E-state index in [9.17, 15) is 20.4 Å². The summed E-state index contributed by atoms with van der Waals surface area (Å²) in [5.74, 6) is 2.38. The van der Waals surface area contributed by atoms with E-state index in [1.807, 2.05) is 63.6 Å². The zero-order valence-electron chi connectivity index (χ0n) is 43.2. The van der Waals surface area contributed by atoms with Crippen LogP contribution in [0.5, 0.6) is 28.7 Å². The molecule has 6 aromatic rings. The van der Waals surface area contributed by atoms with Gasteiger partial charge in [0.1, 0.15) is 29.0 Å². The number of ether oxygens (including phenoxy) is 4. The number of phenols is 2. The number of aryl methyl sites for hydroxylation is 2. The highest BCUT2D eigenvalue weighted by atomic mass is 16.6. The molecule has 386 valence electrons. The highest BCUT2D eigenvalue weighted by Crippen LogP contribution is 2.61. The molecule has 0 radical (unpaired) electrons. The van der Waals surface area contributed by atoms with Crippen molar-refractivity contribution in [1.82, 2.24) is 26.3 Å². The van der Waals surface area contributed by atoms with Crippen LogP contribution in [0.15, 0.2) is 90.6 Å². The monoisotopic (exact) mass is 992 g/mol. The highest BCUT2D eigenvalue weighted by Gasteiger charge is 2.51.